The van der Waals surface area contributed by atoms with E-state index in [1.807, 2.05) is 13.0 Å². The van der Waals surface area contributed by atoms with Crippen molar-refractivity contribution < 1.29 is 0 Å². The average Bonchev–Trinajstić information content (AvgIpc) is 2.20. The van der Waals surface area contributed by atoms with Crippen LogP contribution in [0.15, 0.2) is 18.2 Å². The van der Waals surface area contributed by atoms with Crippen molar-refractivity contribution in [2.24, 2.45) is 0 Å². The van der Waals surface area contributed by atoms with E-state index < -0.39 is 0 Å². The molecule has 0 saturated carbocycles. The van der Waals surface area contributed by atoms with Gasteiger partial charge in [-0.1, -0.05) is 23.2 Å². The minimum Gasteiger partial charge on any atom is -0.252 e. The van der Waals surface area contributed by atoms with Crippen LogP contribution in [0.25, 0.3) is 10.9 Å². The Bertz CT molecular complexity index is 600. The lowest BCUT2D eigenvalue weighted by Crippen LogP contribution is -1.92. The van der Waals surface area contributed by atoms with Crippen LogP contribution in [0.5, 0.6) is 0 Å². The maximum atomic E-state index is 8.77. The monoisotopic (exact) mass is 250 g/mol. The van der Waals surface area contributed by atoms with Gasteiger partial charge < -0.3 is 0 Å². The number of rotatable bonds is 1. The van der Waals surface area contributed by atoms with Gasteiger partial charge in [0.1, 0.15) is 0 Å². The van der Waals surface area contributed by atoms with Gasteiger partial charge in [-0.05, 0) is 30.7 Å². The number of aryl methyl sites for hydroxylation is 1. The maximum Gasteiger partial charge on any atom is 0.0895 e. The Labute approximate surface area is 103 Å². The fraction of sp³-hybridized carbons (Fsp3) is 0.167. The van der Waals surface area contributed by atoms with Crippen molar-refractivity contribution in [1.29, 1.82) is 5.26 Å². The molecule has 0 unspecified atom stereocenters. The predicted molar refractivity (Wildman–Crippen MR) is 65.8 cm³/mol. The first kappa shape index (κ1) is 11.2. The molecule has 0 spiro atoms. The van der Waals surface area contributed by atoms with Gasteiger partial charge in [-0.2, -0.15) is 5.26 Å². The van der Waals surface area contributed by atoms with Crippen LogP contribution in [0, 0.1) is 18.3 Å². The highest BCUT2D eigenvalue weighted by atomic mass is 35.5. The molecule has 2 nitrogen and oxygen atoms in total. The fourth-order valence-electron chi connectivity index (χ4n) is 1.69. The molecule has 1 aromatic heterocycles. The van der Waals surface area contributed by atoms with Crippen molar-refractivity contribution in [1.82, 2.24) is 4.98 Å². The summed E-state index contributed by atoms with van der Waals surface area (Å²) < 4.78 is 0. The summed E-state index contributed by atoms with van der Waals surface area (Å²) in [7, 11) is 0. The molecule has 0 fully saturated rings. The number of nitrogens with zero attached hydrogens (tertiary/aromatic N) is 2. The standard InChI is InChI=1S/C12H8Cl2N2/c1-7-4-8(2-3-15)10-5-9(13)6-11(14)12(10)16-7/h4-6H,2H2,1H3. The van der Waals surface area contributed by atoms with Crippen LogP contribution in [0.3, 0.4) is 0 Å². The number of halogens is 2. The molecule has 16 heavy (non-hydrogen) atoms. The summed E-state index contributed by atoms with van der Waals surface area (Å²) in [5, 5.41) is 10.7. The van der Waals surface area contributed by atoms with Gasteiger partial charge in [0.05, 0.1) is 23.0 Å². The lowest BCUT2D eigenvalue weighted by atomic mass is 10.1. The minimum absolute atomic E-state index is 0.330. The molecular formula is C12H8Cl2N2. The van der Waals surface area contributed by atoms with E-state index in [0.717, 1.165) is 16.6 Å². The third-order valence-electron chi connectivity index (χ3n) is 2.31. The predicted octanol–water partition coefficient (Wildman–Crippen LogP) is 3.92. The third-order valence-corrected chi connectivity index (χ3v) is 2.82. The van der Waals surface area contributed by atoms with Gasteiger partial charge in [-0.15, -0.1) is 0 Å². The van der Waals surface area contributed by atoms with Gasteiger partial charge >= 0.3 is 0 Å². The molecule has 0 aliphatic heterocycles. The van der Waals surface area contributed by atoms with Gasteiger partial charge in [-0.25, -0.2) is 0 Å². The molecule has 2 aromatic rings. The van der Waals surface area contributed by atoms with Gasteiger partial charge in [0, 0.05) is 16.1 Å². The normalized spacial score (nSPS) is 10.4. The molecule has 2 rings (SSSR count). The molecule has 0 aliphatic carbocycles. The molecule has 0 aliphatic rings. The summed E-state index contributed by atoms with van der Waals surface area (Å²) >= 11 is 12.0. The van der Waals surface area contributed by atoms with Gasteiger partial charge in [-0.3, -0.25) is 4.98 Å². The van der Waals surface area contributed by atoms with Crippen LogP contribution >= 0.6 is 23.2 Å². The molecule has 1 heterocycles. The Kier molecular flexibility index (Phi) is 3.00. The molecule has 1 aromatic carbocycles. The summed E-state index contributed by atoms with van der Waals surface area (Å²) in [5.41, 5.74) is 2.47. The number of aromatic nitrogens is 1. The molecule has 80 valence electrons. The molecule has 0 saturated heterocycles. The lowest BCUT2D eigenvalue weighted by Gasteiger charge is -2.07. The van der Waals surface area contributed by atoms with Crippen molar-refractivity contribution in [3.05, 3.63) is 39.5 Å². The second-order valence-electron chi connectivity index (χ2n) is 3.54. The summed E-state index contributed by atoms with van der Waals surface area (Å²) in [6, 6.07) is 7.47. The number of nitriles is 1. The molecule has 4 heteroatoms. The molecule has 0 atom stereocenters. The van der Waals surface area contributed by atoms with E-state index in [1.165, 1.54) is 0 Å². The smallest absolute Gasteiger partial charge is 0.0895 e. The number of fused-ring (bicyclic) bond motifs is 1. The Balaban J connectivity index is 2.85. The maximum absolute atomic E-state index is 8.77. The summed E-state index contributed by atoms with van der Waals surface area (Å²) in [4.78, 5) is 4.36. The molecule has 0 amide bonds. The quantitative estimate of drug-likeness (QED) is 0.770. The Hall–Kier alpha value is -1.30. The van der Waals surface area contributed by atoms with Crippen LogP contribution in [0.2, 0.25) is 10.0 Å². The Morgan fingerprint density at radius 1 is 1.31 bits per heavy atom. The van der Waals surface area contributed by atoms with Gasteiger partial charge in [0.15, 0.2) is 0 Å². The van der Waals surface area contributed by atoms with Crippen molar-refractivity contribution in [2.45, 2.75) is 13.3 Å². The SMILES string of the molecule is Cc1cc(CC#N)c2cc(Cl)cc(Cl)c2n1. The van der Waals surface area contributed by atoms with E-state index >= 15 is 0 Å². The van der Waals surface area contributed by atoms with E-state index in [9.17, 15) is 0 Å². The highest BCUT2D eigenvalue weighted by molar-refractivity contribution is 6.38. The molecule has 0 radical (unpaired) electrons. The van der Waals surface area contributed by atoms with Crippen LogP contribution in [0.1, 0.15) is 11.3 Å². The van der Waals surface area contributed by atoms with Crippen LogP contribution in [-0.4, -0.2) is 4.98 Å². The van der Waals surface area contributed by atoms with E-state index in [2.05, 4.69) is 11.1 Å². The van der Waals surface area contributed by atoms with Crippen molar-refractivity contribution in [3.63, 3.8) is 0 Å². The zero-order valence-corrected chi connectivity index (χ0v) is 10.1. The zero-order valence-electron chi connectivity index (χ0n) is 8.59. The Morgan fingerprint density at radius 3 is 2.75 bits per heavy atom. The number of hydrogen-bond acceptors (Lipinski definition) is 2. The van der Waals surface area contributed by atoms with Crippen LogP contribution in [0.4, 0.5) is 0 Å². The topological polar surface area (TPSA) is 36.7 Å². The van der Waals surface area contributed by atoms with E-state index in [1.54, 1.807) is 12.1 Å². The largest absolute Gasteiger partial charge is 0.252 e. The highest BCUT2D eigenvalue weighted by Crippen LogP contribution is 2.29. The second-order valence-corrected chi connectivity index (χ2v) is 4.39. The number of hydrogen-bond donors (Lipinski definition) is 0. The van der Waals surface area contributed by atoms with E-state index in [4.69, 9.17) is 28.5 Å². The van der Waals surface area contributed by atoms with Gasteiger partial charge in [0.25, 0.3) is 0 Å². The van der Waals surface area contributed by atoms with E-state index in [0.29, 0.717) is 22.0 Å². The lowest BCUT2D eigenvalue weighted by molar-refractivity contribution is 1.20. The van der Waals surface area contributed by atoms with Gasteiger partial charge in [0.2, 0.25) is 0 Å². The summed E-state index contributed by atoms with van der Waals surface area (Å²) in [6.07, 6.45) is 0.330. The third kappa shape index (κ3) is 1.97. The number of benzene rings is 1. The fourth-order valence-corrected chi connectivity index (χ4v) is 2.23. The Morgan fingerprint density at radius 2 is 2.06 bits per heavy atom. The first-order chi connectivity index (χ1) is 7.61. The first-order valence-electron chi connectivity index (χ1n) is 4.74. The number of pyridine rings is 1. The summed E-state index contributed by atoms with van der Waals surface area (Å²) in [5.74, 6) is 0. The first-order valence-corrected chi connectivity index (χ1v) is 5.49. The summed E-state index contributed by atoms with van der Waals surface area (Å²) in [6.45, 7) is 1.88. The van der Waals surface area contributed by atoms with Crippen molar-refractivity contribution in [3.8, 4) is 6.07 Å². The average molecular weight is 251 g/mol. The highest BCUT2D eigenvalue weighted by Gasteiger charge is 2.08. The van der Waals surface area contributed by atoms with Crippen molar-refractivity contribution in [2.75, 3.05) is 0 Å². The zero-order chi connectivity index (χ0) is 11.7. The second kappa shape index (κ2) is 4.29. The molecule has 0 N–H and O–H groups in total. The molecular weight excluding hydrogens is 243 g/mol. The minimum atomic E-state index is 0.330. The van der Waals surface area contributed by atoms with Crippen molar-refractivity contribution >= 4 is 34.1 Å². The van der Waals surface area contributed by atoms with Crippen LogP contribution < -0.4 is 0 Å². The molecule has 0 bridgehead atoms. The van der Waals surface area contributed by atoms with Crippen LogP contribution in [-0.2, 0) is 6.42 Å². The van der Waals surface area contributed by atoms with E-state index in [-0.39, 0.29) is 0 Å².